The second kappa shape index (κ2) is 7.44. The van der Waals surface area contributed by atoms with Crippen molar-refractivity contribution >= 4 is 11.6 Å². The van der Waals surface area contributed by atoms with E-state index in [1.54, 1.807) is 23.2 Å². The fourth-order valence-corrected chi connectivity index (χ4v) is 2.85. The average molecular weight is 338 g/mol. The molecule has 0 saturated carbocycles. The second-order valence-corrected chi connectivity index (χ2v) is 6.17. The van der Waals surface area contributed by atoms with Gasteiger partial charge in [-0.15, -0.1) is 10.2 Å². The van der Waals surface area contributed by atoms with E-state index in [9.17, 15) is 9.90 Å². The van der Waals surface area contributed by atoms with Gasteiger partial charge in [0.15, 0.2) is 5.65 Å². The number of rotatable bonds is 6. The predicted molar refractivity (Wildman–Crippen MR) is 95.2 cm³/mol. The molecule has 130 valence electrons. The van der Waals surface area contributed by atoms with Gasteiger partial charge in [0.1, 0.15) is 5.82 Å². The van der Waals surface area contributed by atoms with E-state index in [-0.39, 0.29) is 18.6 Å². The minimum atomic E-state index is -0.0737. The zero-order chi connectivity index (χ0) is 17.8. The third-order valence-electron chi connectivity index (χ3n) is 4.36. The van der Waals surface area contributed by atoms with Crippen LogP contribution in [0.2, 0.25) is 0 Å². The van der Waals surface area contributed by atoms with E-state index in [1.807, 2.05) is 48.6 Å². The third kappa shape index (κ3) is 3.69. The molecular weight excluding hydrogens is 316 g/mol. The van der Waals surface area contributed by atoms with Crippen LogP contribution in [0, 0.1) is 6.92 Å². The Labute approximate surface area is 146 Å². The number of aliphatic hydroxyl groups excluding tert-OH is 1. The summed E-state index contributed by atoms with van der Waals surface area (Å²) in [4.78, 5) is 14.9. The highest BCUT2D eigenvalue weighted by Gasteiger charge is 2.22. The SMILES string of the molecule is Cc1nnc2ccc(C(=O)N(Cc3ccccc3)C(C)CCO)cn12. The van der Waals surface area contributed by atoms with Crippen molar-refractivity contribution in [3.8, 4) is 0 Å². The van der Waals surface area contributed by atoms with E-state index in [0.717, 1.165) is 11.4 Å². The largest absolute Gasteiger partial charge is 0.396 e. The molecule has 3 rings (SSSR count). The van der Waals surface area contributed by atoms with Crippen molar-refractivity contribution in [3.63, 3.8) is 0 Å². The van der Waals surface area contributed by atoms with Gasteiger partial charge in [0.25, 0.3) is 5.91 Å². The van der Waals surface area contributed by atoms with Crippen LogP contribution in [0.15, 0.2) is 48.7 Å². The molecule has 2 aromatic heterocycles. The number of amides is 1. The van der Waals surface area contributed by atoms with Crippen molar-refractivity contribution in [2.45, 2.75) is 32.9 Å². The van der Waals surface area contributed by atoms with Crippen LogP contribution in [0.5, 0.6) is 0 Å². The Morgan fingerprint density at radius 2 is 1.96 bits per heavy atom. The minimum absolute atomic E-state index is 0.0450. The fourth-order valence-electron chi connectivity index (χ4n) is 2.85. The van der Waals surface area contributed by atoms with Crippen LogP contribution in [0.4, 0.5) is 0 Å². The van der Waals surface area contributed by atoms with Crippen molar-refractivity contribution in [2.24, 2.45) is 0 Å². The number of aromatic nitrogens is 3. The maximum atomic E-state index is 13.1. The molecule has 0 aliphatic rings. The van der Waals surface area contributed by atoms with Crippen LogP contribution in [0.3, 0.4) is 0 Å². The Bertz CT molecular complexity index is 860. The summed E-state index contributed by atoms with van der Waals surface area (Å²) in [5.41, 5.74) is 2.35. The summed E-state index contributed by atoms with van der Waals surface area (Å²) in [5.74, 6) is 0.669. The lowest BCUT2D eigenvalue weighted by Crippen LogP contribution is -2.38. The van der Waals surface area contributed by atoms with Gasteiger partial charge in [-0.2, -0.15) is 0 Å². The van der Waals surface area contributed by atoms with E-state index >= 15 is 0 Å². The van der Waals surface area contributed by atoms with Crippen molar-refractivity contribution in [3.05, 3.63) is 65.6 Å². The summed E-state index contributed by atoms with van der Waals surface area (Å²) in [7, 11) is 0. The van der Waals surface area contributed by atoms with Crippen molar-refractivity contribution in [1.82, 2.24) is 19.5 Å². The number of hydrogen-bond donors (Lipinski definition) is 1. The molecule has 1 aromatic carbocycles. The minimum Gasteiger partial charge on any atom is -0.396 e. The molecule has 3 aromatic rings. The highest BCUT2D eigenvalue weighted by atomic mass is 16.3. The normalized spacial score (nSPS) is 12.3. The molecule has 25 heavy (non-hydrogen) atoms. The number of aryl methyl sites for hydroxylation is 1. The lowest BCUT2D eigenvalue weighted by atomic mass is 10.1. The van der Waals surface area contributed by atoms with Crippen LogP contribution in [0.1, 0.15) is 35.1 Å². The molecule has 6 heteroatoms. The molecule has 0 radical (unpaired) electrons. The number of hydrogen-bond acceptors (Lipinski definition) is 4. The summed E-state index contributed by atoms with van der Waals surface area (Å²) >= 11 is 0. The second-order valence-electron chi connectivity index (χ2n) is 6.17. The van der Waals surface area contributed by atoms with Gasteiger partial charge < -0.3 is 10.0 Å². The van der Waals surface area contributed by atoms with Gasteiger partial charge in [-0.25, -0.2) is 0 Å². The first kappa shape index (κ1) is 17.1. The van der Waals surface area contributed by atoms with Gasteiger partial charge in [0.05, 0.1) is 5.56 Å². The molecule has 0 spiro atoms. The van der Waals surface area contributed by atoms with E-state index in [0.29, 0.717) is 24.2 Å². The Morgan fingerprint density at radius 1 is 1.20 bits per heavy atom. The van der Waals surface area contributed by atoms with Gasteiger partial charge in [-0.3, -0.25) is 9.20 Å². The van der Waals surface area contributed by atoms with E-state index < -0.39 is 0 Å². The summed E-state index contributed by atoms with van der Waals surface area (Å²) in [6.45, 7) is 4.35. The Kier molecular flexibility index (Phi) is 5.09. The molecule has 0 aliphatic heterocycles. The Balaban J connectivity index is 1.92. The fraction of sp³-hybridized carbons (Fsp3) is 0.316. The lowest BCUT2D eigenvalue weighted by Gasteiger charge is -2.29. The first-order valence-corrected chi connectivity index (χ1v) is 8.37. The number of fused-ring (bicyclic) bond motifs is 1. The van der Waals surface area contributed by atoms with Gasteiger partial charge >= 0.3 is 0 Å². The molecule has 6 nitrogen and oxygen atoms in total. The number of benzene rings is 1. The van der Waals surface area contributed by atoms with Gasteiger partial charge in [0, 0.05) is 25.4 Å². The van der Waals surface area contributed by atoms with Crippen LogP contribution >= 0.6 is 0 Å². The molecule has 0 bridgehead atoms. The smallest absolute Gasteiger partial charge is 0.255 e. The highest BCUT2D eigenvalue weighted by Crippen LogP contribution is 2.16. The third-order valence-corrected chi connectivity index (χ3v) is 4.36. The molecule has 1 N–H and O–H groups in total. The van der Waals surface area contributed by atoms with Crippen molar-refractivity contribution < 1.29 is 9.90 Å². The first-order chi connectivity index (χ1) is 12.1. The molecule has 1 amide bonds. The molecule has 1 unspecified atom stereocenters. The Hall–Kier alpha value is -2.73. The number of pyridine rings is 1. The van der Waals surface area contributed by atoms with E-state index in [1.165, 1.54) is 0 Å². The van der Waals surface area contributed by atoms with Crippen LogP contribution < -0.4 is 0 Å². The quantitative estimate of drug-likeness (QED) is 0.749. The molecule has 0 fully saturated rings. The van der Waals surface area contributed by atoms with Crippen LogP contribution in [-0.2, 0) is 6.54 Å². The number of nitrogens with zero attached hydrogens (tertiary/aromatic N) is 4. The number of carbonyl (C=O) groups is 1. The van der Waals surface area contributed by atoms with E-state index in [4.69, 9.17) is 0 Å². The van der Waals surface area contributed by atoms with Crippen LogP contribution in [-0.4, -0.2) is 43.2 Å². The maximum Gasteiger partial charge on any atom is 0.255 e. The lowest BCUT2D eigenvalue weighted by molar-refractivity contribution is 0.0648. The monoisotopic (exact) mass is 338 g/mol. The zero-order valence-corrected chi connectivity index (χ0v) is 14.5. The average Bonchev–Trinajstić information content (AvgIpc) is 3.00. The molecule has 1 atom stereocenters. The summed E-state index contributed by atoms with van der Waals surface area (Å²) < 4.78 is 1.81. The van der Waals surface area contributed by atoms with Crippen LogP contribution in [0.25, 0.3) is 5.65 Å². The molecule has 2 heterocycles. The predicted octanol–water partition coefficient (Wildman–Crippen LogP) is 2.45. The van der Waals surface area contributed by atoms with Gasteiger partial charge in [-0.05, 0) is 38.0 Å². The van der Waals surface area contributed by atoms with Gasteiger partial charge in [-0.1, -0.05) is 30.3 Å². The summed E-state index contributed by atoms with van der Waals surface area (Å²) in [5, 5.41) is 17.4. The molecule has 0 saturated heterocycles. The maximum absolute atomic E-state index is 13.1. The summed E-state index contributed by atoms with van der Waals surface area (Å²) in [6.07, 6.45) is 2.31. The van der Waals surface area contributed by atoms with Crippen molar-refractivity contribution in [2.75, 3.05) is 6.61 Å². The van der Waals surface area contributed by atoms with Crippen molar-refractivity contribution in [1.29, 1.82) is 0 Å². The topological polar surface area (TPSA) is 70.7 Å². The standard InChI is InChI=1S/C19H22N4O2/c1-14(10-11-24)22(12-16-6-4-3-5-7-16)19(25)17-8-9-18-21-20-15(2)23(18)13-17/h3-9,13-14,24H,10-12H2,1-2H3. The molecular formula is C19H22N4O2. The highest BCUT2D eigenvalue weighted by molar-refractivity contribution is 5.94. The number of carbonyl (C=O) groups excluding carboxylic acids is 1. The van der Waals surface area contributed by atoms with Gasteiger partial charge in [0.2, 0.25) is 0 Å². The zero-order valence-electron chi connectivity index (χ0n) is 14.5. The molecule has 0 aliphatic carbocycles. The Morgan fingerprint density at radius 3 is 2.68 bits per heavy atom. The first-order valence-electron chi connectivity index (χ1n) is 8.37. The number of aliphatic hydroxyl groups is 1. The van der Waals surface area contributed by atoms with E-state index in [2.05, 4.69) is 10.2 Å². The summed E-state index contributed by atoms with van der Waals surface area (Å²) in [6, 6.07) is 13.4.